The molecule has 0 unspecified atom stereocenters. The van der Waals surface area contributed by atoms with Gasteiger partial charge in [-0.1, -0.05) is 30.4 Å². The smallest absolute Gasteiger partial charge is 0.206 e. The highest BCUT2D eigenvalue weighted by molar-refractivity contribution is 7.14. The third kappa shape index (κ3) is 4.20. The van der Waals surface area contributed by atoms with Gasteiger partial charge in [0.05, 0.1) is 29.9 Å². The van der Waals surface area contributed by atoms with E-state index in [1.807, 2.05) is 48.9 Å². The van der Waals surface area contributed by atoms with Crippen LogP contribution in [0.15, 0.2) is 69.4 Å². The summed E-state index contributed by atoms with van der Waals surface area (Å²) in [5, 5.41) is 9.04. The van der Waals surface area contributed by atoms with Crippen LogP contribution >= 0.6 is 22.7 Å². The normalized spacial score (nSPS) is 12.4. The monoisotopic (exact) mass is 383 g/mol. The molecule has 3 aromatic rings. The molecule has 4 nitrogen and oxygen atoms in total. The van der Waals surface area contributed by atoms with Crippen LogP contribution in [-0.2, 0) is 0 Å². The predicted molar refractivity (Wildman–Crippen MR) is 111 cm³/mol. The van der Waals surface area contributed by atoms with Gasteiger partial charge in [-0.2, -0.15) is 5.10 Å². The molecule has 2 heterocycles. The van der Waals surface area contributed by atoms with E-state index in [4.69, 9.17) is 9.84 Å². The number of thiophene rings is 1. The molecule has 0 N–H and O–H groups in total. The minimum atomic E-state index is 0.595. The minimum Gasteiger partial charge on any atom is -0.497 e. The van der Waals surface area contributed by atoms with Crippen molar-refractivity contribution in [1.29, 1.82) is 0 Å². The Morgan fingerprint density at radius 3 is 2.73 bits per heavy atom. The Bertz CT molecular complexity index is 994. The topological polar surface area (TPSA) is 38.9 Å². The van der Waals surface area contributed by atoms with E-state index in [0.29, 0.717) is 6.54 Å². The second kappa shape index (κ2) is 8.29. The van der Waals surface area contributed by atoms with Gasteiger partial charge in [-0.15, -0.1) is 22.7 Å². The van der Waals surface area contributed by atoms with E-state index < -0.39 is 0 Å². The molecule has 0 aliphatic heterocycles. The molecular formula is C20H21N3OS2. The number of hydrogen-bond acceptors (Lipinski definition) is 5. The number of methoxy groups -OCH3 is 1. The molecule has 0 amide bonds. The van der Waals surface area contributed by atoms with Gasteiger partial charge in [0.2, 0.25) is 4.80 Å². The summed E-state index contributed by atoms with van der Waals surface area (Å²) in [4.78, 5) is 6.70. The Kier molecular flexibility index (Phi) is 5.85. The maximum atomic E-state index is 5.33. The third-order valence-corrected chi connectivity index (χ3v) is 5.43. The molecule has 2 aromatic heterocycles. The van der Waals surface area contributed by atoms with Crippen LogP contribution in [0.1, 0.15) is 19.4 Å². The summed E-state index contributed by atoms with van der Waals surface area (Å²) < 4.78 is 7.25. The number of aromatic nitrogens is 1. The van der Waals surface area contributed by atoms with Gasteiger partial charge < -0.3 is 4.74 Å². The summed E-state index contributed by atoms with van der Waals surface area (Å²) in [6.07, 6.45) is 0. The predicted octanol–water partition coefficient (Wildman–Crippen LogP) is 5.04. The Labute approximate surface area is 161 Å². The van der Waals surface area contributed by atoms with Crippen molar-refractivity contribution in [1.82, 2.24) is 4.68 Å². The highest BCUT2D eigenvalue weighted by Gasteiger charge is 2.10. The van der Waals surface area contributed by atoms with Crippen LogP contribution in [0.4, 0.5) is 0 Å². The average molecular weight is 384 g/mol. The van der Waals surface area contributed by atoms with E-state index in [9.17, 15) is 0 Å². The molecule has 26 heavy (non-hydrogen) atoms. The van der Waals surface area contributed by atoms with Crippen molar-refractivity contribution in [3.63, 3.8) is 0 Å². The molecular weight excluding hydrogens is 362 g/mol. The van der Waals surface area contributed by atoms with Crippen molar-refractivity contribution in [3.05, 3.63) is 69.7 Å². The number of nitrogens with zero attached hydrogens (tertiary/aromatic N) is 3. The highest BCUT2D eigenvalue weighted by atomic mass is 32.1. The molecule has 0 bridgehead atoms. The van der Waals surface area contributed by atoms with Crippen molar-refractivity contribution >= 4 is 28.4 Å². The first-order valence-electron chi connectivity index (χ1n) is 8.18. The Hall–Kier alpha value is -2.44. The van der Waals surface area contributed by atoms with Gasteiger partial charge in [0, 0.05) is 10.9 Å². The zero-order chi connectivity index (χ0) is 18.5. The summed E-state index contributed by atoms with van der Waals surface area (Å²) in [6, 6.07) is 12.1. The standard InChI is InChI=1S/C20H21N3OS2/c1-14(2)12-21-20-23(18(13-26-20)19-9-6-10-25-19)22-15(3)16-7-5-8-17(11-16)24-4/h5-11,13H,1,12H2,2-4H3. The fraction of sp³-hybridized carbons (Fsp3) is 0.200. The lowest BCUT2D eigenvalue weighted by Crippen LogP contribution is -2.14. The lowest BCUT2D eigenvalue weighted by Gasteiger charge is -2.06. The van der Waals surface area contributed by atoms with Gasteiger partial charge in [-0.05, 0) is 37.4 Å². The van der Waals surface area contributed by atoms with Gasteiger partial charge >= 0.3 is 0 Å². The number of thiazole rings is 1. The van der Waals surface area contributed by atoms with Crippen molar-refractivity contribution in [2.45, 2.75) is 13.8 Å². The second-order valence-electron chi connectivity index (χ2n) is 5.88. The summed E-state index contributed by atoms with van der Waals surface area (Å²) in [5.41, 5.74) is 3.99. The van der Waals surface area contributed by atoms with Crippen molar-refractivity contribution in [2.75, 3.05) is 13.7 Å². The first-order chi connectivity index (χ1) is 12.6. The van der Waals surface area contributed by atoms with Crippen LogP contribution < -0.4 is 9.54 Å². The molecule has 0 atom stereocenters. The molecule has 0 radical (unpaired) electrons. The molecule has 6 heteroatoms. The van der Waals surface area contributed by atoms with Gasteiger partial charge in [0.1, 0.15) is 5.75 Å². The third-order valence-electron chi connectivity index (χ3n) is 3.68. The Balaban J connectivity index is 2.10. The molecule has 0 aliphatic rings. The number of hydrogen-bond donors (Lipinski definition) is 0. The lowest BCUT2D eigenvalue weighted by atomic mass is 10.1. The highest BCUT2D eigenvalue weighted by Crippen LogP contribution is 2.25. The van der Waals surface area contributed by atoms with Crippen LogP contribution in [0.25, 0.3) is 10.6 Å². The number of rotatable bonds is 6. The van der Waals surface area contributed by atoms with Crippen molar-refractivity contribution in [3.8, 4) is 16.3 Å². The molecule has 0 saturated heterocycles. The number of benzene rings is 1. The maximum Gasteiger partial charge on any atom is 0.206 e. The largest absolute Gasteiger partial charge is 0.497 e. The van der Waals surface area contributed by atoms with Crippen LogP contribution in [0.5, 0.6) is 5.75 Å². The Morgan fingerprint density at radius 2 is 2.04 bits per heavy atom. The molecule has 0 spiro atoms. The zero-order valence-electron chi connectivity index (χ0n) is 15.1. The maximum absolute atomic E-state index is 5.33. The van der Waals surface area contributed by atoms with Gasteiger partial charge in [0.25, 0.3) is 0 Å². The first-order valence-corrected chi connectivity index (χ1v) is 9.93. The Morgan fingerprint density at radius 1 is 1.19 bits per heavy atom. The van der Waals surface area contributed by atoms with E-state index in [-0.39, 0.29) is 0 Å². The van der Waals surface area contributed by atoms with Gasteiger partial charge in [0.15, 0.2) is 0 Å². The SMILES string of the molecule is C=C(C)CN=c1scc(-c2cccs2)n1N=C(C)c1cccc(OC)c1. The fourth-order valence-electron chi connectivity index (χ4n) is 2.36. The minimum absolute atomic E-state index is 0.595. The molecule has 1 aromatic carbocycles. The summed E-state index contributed by atoms with van der Waals surface area (Å²) >= 11 is 3.29. The zero-order valence-corrected chi connectivity index (χ0v) is 16.7. The molecule has 0 fully saturated rings. The second-order valence-corrected chi connectivity index (χ2v) is 7.67. The quantitative estimate of drug-likeness (QED) is 0.434. The van der Waals surface area contributed by atoms with Crippen LogP contribution in [0, 0.1) is 0 Å². The van der Waals surface area contributed by atoms with Crippen molar-refractivity contribution < 1.29 is 4.74 Å². The molecule has 3 rings (SSSR count). The van der Waals surface area contributed by atoms with Crippen LogP contribution in [0.2, 0.25) is 0 Å². The summed E-state index contributed by atoms with van der Waals surface area (Å²) in [6.45, 7) is 8.51. The van der Waals surface area contributed by atoms with E-state index >= 15 is 0 Å². The van der Waals surface area contributed by atoms with E-state index in [1.54, 1.807) is 29.8 Å². The summed E-state index contributed by atoms with van der Waals surface area (Å²) in [5.74, 6) is 0.818. The molecule has 0 aliphatic carbocycles. The summed E-state index contributed by atoms with van der Waals surface area (Å²) in [7, 11) is 1.67. The molecule has 0 saturated carbocycles. The lowest BCUT2D eigenvalue weighted by molar-refractivity contribution is 0.414. The van der Waals surface area contributed by atoms with Crippen LogP contribution in [0.3, 0.4) is 0 Å². The number of ether oxygens (including phenoxy) is 1. The molecule has 134 valence electrons. The van der Waals surface area contributed by atoms with E-state index in [1.165, 1.54) is 4.88 Å². The van der Waals surface area contributed by atoms with E-state index in [2.05, 4.69) is 28.4 Å². The fourth-order valence-corrected chi connectivity index (χ4v) is 3.98. The van der Waals surface area contributed by atoms with Gasteiger partial charge in [-0.3, -0.25) is 4.99 Å². The van der Waals surface area contributed by atoms with Crippen LogP contribution in [-0.4, -0.2) is 24.0 Å². The van der Waals surface area contributed by atoms with Gasteiger partial charge in [-0.25, -0.2) is 4.68 Å². The average Bonchev–Trinajstić information content (AvgIpc) is 3.29. The van der Waals surface area contributed by atoms with Crippen molar-refractivity contribution in [2.24, 2.45) is 10.1 Å². The first kappa shape index (κ1) is 18.4. The van der Waals surface area contributed by atoms with E-state index in [0.717, 1.165) is 33.1 Å².